The molecule has 1 aromatic carbocycles. The second-order valence-corrected chi connectivity index (χ2v) is 5.10. The van der Waals surface area contributed by atoms with Gasteiger partial charge in [-0.15, -0.1) is 0 Å². The molecule has 0 unspecified atom stereocenters. The van der Waals surface area contributed by atoms with Crippen LogP contribution in [-0.2, 0) is 5.41 Å². The van der Waals surface area contributed by atoms with Crippen LogP contribution in [0.4, 0.5) is 8.78 Å². The highest BCUT2D eigenvalue weighted by Gasteiger charge is 2.47. The number of guanidine groups is 1. The van der Waals surface area contributed by atoms with Gasteiger partial charge in [0.1, 0.15) is 11.6 Å². The molecule has 0 aromatic heterocycles. The van der Waals surface area contributed by atoms with Crippen LogP contribution in [0.5, 0.6) is 0 Å². The average Bonchev–Trinajstić information content (AvgIpc) is 3.17. The molecule has 2 N–H and O–H groups in total. The van der Waals surface area contributed by atoms with E-state index in [4.69, 9.17) is 0 Å². The molecule has 2 rings (SSSR count). The monoisotopic (exact) mass is 281 g/mol. The van der Waals surface area contributed by atoms with E-state index in [2.05, 4.69) is 15.6 Å². The molecular formula is C15H21F2N3. The summed E-state index contributed by atoms with van der Waals surface area (Å²) in [5, 5.41) is 6.23. The Morgan fingerprint density at radius 1 is 1.15 bits per heavy atom. The van der Waals surface area contributed by atoms with Crippen LogP contribution >= 0.6 is 0 Å². The molecule has 0 aliphatic heterocycles. The lowest BCUT2D eigenvalue weighted by molar-refractivity contribution is 0.516. The Hall–Kier alpha value is -1.65. The summed E-state index contributed by atoms with van der Waals surface area (Å²) in [6, 6.07) is 4.03. The highest BCUT2D eigenvalue weighted by molar-refractivity contribution is 5.79. The van der Waals surface area contributed by atoms with Gasteiger partial charge >= 0.3 is 0 Å². The lowest BCUT2D eigenvalue weighted by Gasteiger charge is -2.16. The SMILES string of the molecule is CCNC(=NCC1(c2c(F)cccc2F)CC1)NCC. The van der Waals surface area contributed by atoms with Crippen LogP contribution in [0.3, 0.4) is 0 Å². The molecule has 0 spiro atoms. The second-order valence-electron chi connectivity index (χ2n) is 5.10. The van der Waals surface area contributed by atoms with Gasteiger partial charge in [0.05, 0.1) is 6.54 Å². The van der Waals surface area contributed by atoms with Crippen molar-refractivity contribution < 1.29 is 8.78 Å². The minimum atomic E-state index is -0.467. The van der Waals surface area contributed by atoms with E-state index in [1.807, 2.05) is 13.8 Å². The van der Waals surface area contributed by atoms with Crippen molar-refractivity contribution in [1.82, 2.24) is 10.6 Å². The third kappa shape index (κ3) is 3.08. The van der Waals surface area contributed by atoms with Gasteiger partial charge in [-0.05, 0) is 38.8 Å². The van der Waals surface area contributed by atoms with E-state index >= 15 is 0 Å². The van der Waals surface area contributed by atoms with Crippen LogP contribution in [0, 0.1) is 11.6 Å². The van der Waals surface area contributed by atoms with Gasteiger partial charge in [-0.3, -0.25) is 4.99 Å². The largest absolute Gasteiger partial charge is 0.357 e. The maximum absolute atomic E-state index is 13.9. The molecule has 1 fully saturated rings. The lowest BCUT2D eigenvalue weighted by Crippen LogP contribution is -2.37. The van der Waals surface area contributed by atoms with Crippen molar-refractivity contribution in [3.8, 4) is 0 Å². The van der Waals surface area contributed by atoms with E-state index in [1.165, 1.54) is 18.2 Å². The molecule has 20 heavy (non-hydrogen) atoms. The third-order valence-corrected chi connectivity index (χ3v) is 3.57. The van der Waals surface area contributed by atoms with E-state index in [0.717, 1.165) is 25.9 Å². The summed E-state index contributed by atoms with van der Waals surface area (Å²) >= 11 is 0. The molecule has 0 radical (unpaired) electrons. The molecule has 0 saturated heterocycles. The molecule has 110 valence electrons. The number of hydrogen-bond donors (Lipinski definition) is 2. The topological polar surface area (TPSA) is 36.4 Å². The molecule has 1 saturated carbocycles. The summed E-state index contributed by atoms with van der Waals surface area (Å²) in [6.07, 6.45) is 1.56. The highest BCUT2D eigenvalue weighted by atomic mass is 19.1. The Morgan fingerprint density at radius 2 is 1.70 bits per heavy atom. The molecule has 0 heterocycles. The first-order valence-corrected chi connectivity index (χ1v) is 7.09. The molecule has 0 atom stereocenters. The number of rotatable bonds is 5. The Balaban J connectivity index is 2.18. The fourth-order valence-corrected chi connectivity index (χ4v) is 2.38. The lowest BCUT2D eigenvalue weighted by atomic mass is 9.95. The van der Waals surface area contributed by atoms with Crippen LogP contribution in [0.25, 0.3) is 0 Å². The van der Waals surface area contributed by atoms with Crippen LogP contribution in [0.15, 0.2) is 23.2 Å². The van der Waals surface area contributed by atoms with Crippen molar-refractivity contribution in [3.05, 3.63) is 35.4 Å². The summed E-state index contributed by atoms with van der Waals surface area (Å²) in [5.74, 6) is -0.240. The second kappa shape index (κ2) is 6.20. The van der Waals surface area contributed by atoms with Crippen LogP contribution in [0.2, 0.25) is 0 Å². The number of benzene rings is 1. The summed E-state index contributed by atoms with van der Waals surface area (Å²) in [7, 11) is 0. The van der Waals surface area contributed by atoms with Gasteiger partial charge in [-0.1, -0.05) is 6.07 Å². The predicted octanol–water partition coefficient (Wildman–Crippen LogP) is 2.57. The molecule has 3 nitrogen and oxygen atoms in total. The van der Waals surface area contributed by atoms with Gasteiger partial charge in [-0.2, -0.15) is 0 Å². The van der Waals surface area contributed by atoms with E-state index in [-0.39, 0.29) is 5.56 Å². The van der Waals surface area contributed by atoms with Crippen LogP contribution in [-0.4, -0.2) is 25.6 Å². The van der Waals surface area contributed by atoms with Gasteiger partial charge in [0.2, 0.25) is 0 Å². The Kier molecular flexibility index (Phi) is 4.57. The van der Waals surface area contributed by atoms with E-state index in [9.17, 15) is 8.78 Å². The zero-order valence-corrected chi connectivity index (χ0v) is 12.0. The zero-order chi connectivity index (χ0) is 14.6. The van der Waals surface area contributed by atoms with Gasteiger partial charge in [-0.25, -0.2) is 8.78 Å². The van der Waals surface area contributed by atoms with Crippen molar-refractivity contribution in [3.63, 3.8) is 0 Å². The minimum Gasteiger partial charge on any atom is -0.357 e. The van der Waals surface area contributed by atoms with E-state index < -0.39 is 17.0 Å². The van der Waals surface area contributed by atoms with E-state index in [0.29, 0.717) is 12.5 Å². The first-order valence-electron chi connectivity index (χ1n) is 7.09. The molecule has 1 aliphatic rings. The van der Waals surface area contributed by atoms with Crippen LogP contribution in [0.1, 0.15) is 32.3 Å². The van der Waals surface area contributed by atoms with Gasteiger partial charge in [0.25, 0.3) is 0 Å². The molecular weight excluding hydrogens is 260 g/mol. The Morgan fingerprint density at radius 3 is 2.15 bits per heavy atom. The maximum Gasteiger partial charge on any atom is 0.191 e. The van der Waals surface area contributed by atoms with Crippen molar-refractivity contribution in [2.24, 2.45) is 4.99 Å². The van der Waals surface area contributed by atoms with Gasteiger partial charge in [0, 0.05) is 24.1 Å². The molecule has 1 aromatic rings. The number of halogens is 2. The van der Waals surface area contributed by atoms with Crippen molar-refractivity contribution >= 4 is 5.96 Å². The molecule has 0 bridgehead atoms. The summed E-state index contributed by atoms with van der Waals surface area (Å²) < 4.78 is 27.8. The number of aliphatic imine (C=N–C) groups is 1. The predicted molar refractivity (Wildman–Crippen MR) is 76.9 cm³/mol. The smallest absolute Gasteiger partial charge is 0.191 e. The maximum atomic E-state index is 13.9. The number of nitrogens with one attached hydrogen (secondary N) is 2. The zero-order valence-electron chi connectivity index (χ0n) is 12.0. The fraction of sp³-hybridized carbons (Fsp3) is 0.533. The average molecular weight is 281 g/mol. The molecule has 5 heteroatoms. The van der Waals surface area contributed by atoms with Crippen molar-refractivity contribution in [2.75, 3.05) is 19.6 Å². The standard InChI is InChI=1S/C15H21F2N3/c1-3-18-14(19-4-2)20-10-15(8-9-15)13-11(16)6-5-7-12(13)17/h5-7H,3-4,8-10H2,1-2H3,(H2,18,19,20). The normalized spacial score (nSPS) is 15.6. The van der Waals surface area contributed by atoms with Gasteiger partial charge in [0.15, 0.2) is 5.96 Å². The van der Waals surface area contributed by atoms with Gasteiger partial charge < -0.3 is 10.6 Å². The minimum absolute atomic E-state index is 0.191. The first-order chi connectivity index (χ1) is 9.63. The fourth-order valence-electron chi connectivity index (χ4n) is 2.38. The molecule has 1 aliphatic carbocycles. The Labute approximate surface area is 118 Å². The molecule has 0 amide bonds. The van der Waals surface area contributed by atoms with Crippen molar-refractivity contribution in [2.45, 2.75) is 32.1 Å². The number of nitrogens with zero attached hydrogens (tertiary/aromatic N) is 1. The summed E-state index contributed by atoms with van der Waals surface area (Å²) in [6.45, 7) is 5.88. The summed E-state index contributed by atoms with van der Waals surface area (Å²) in [4.78, 5) is 4.46. The quantitative estimate of drug-likeness (QED) is 0.643. The highest BCUT2D eigenvalue weighted by Crippen LogP contribution is 2.50. The first kappa shape index (κ1) is 14.8. The number of hydrogen-bond acceptors (Lipinski definition) is 1. The van der Waals surface area contributed by atoms with Crippen LogP contribution < -0.4 is 10.6 Å². The Bertz CT molecular complexity index is 468. The summed E-state index contributed by atoms with van der Waals surface area (Å²) in [5.41, 5.74) is -0.276. The van der Waals surface area contributed by atoms with Crippen molar-refractivity contribution in [1.29, 1.82) is 0 Å². The third-order valence-electron chi connectivity index (χ3n) is 3.57. The van der Waals surface area contributed by atoms with E-state index in [1.54, 1.807) is 0 Å².